The highest BCUT2D eigenvalue weighted by molar-refractivity contribution is 7.86. The molecule has 12 nitrogen and oxygen atoms in total. The topological polar surface area (TPSA) is 126 Å². The third-order valence-corrected chi connectivity index (χ3v) is 23.8. The van der Waals surface area contributed by atoms with Crippen molar-refractivity contribution in [1.29, 1.82) is 0 Å². The van der Waals surface area contributed by atoms with E-state index in [1.54, 1.807) is 42.3 Å². The van der Waals surface area contributed by atoms with Crippen LogP contribution in [0.3, 0.4) is 0 Å². The first kappa shape index (κ1) is 75.3. The second-order valence-electron chi connectivity index (χ2n) is 33.6. The van der Waals surface area contributed by atoms with Gasteiger partial charge in [-0.2, -0.15) is 0 Å². The van der Waals surface area contributed by atoms with Crippen LogP contribution in [0.5, 0.6) is 57.5 Å². The van der Waals surface area contributed by atoms with Crippen molar-refractivity contribution < 1.29 is 74.1 Å². The molecule has 2 aliphatic heterocycles. The molecular formula is C78H104F4O12P2. The molecule has 0 amide bonds. The SMILES string of the molecule is CCOc1cc(P(=O)(c2cc(C(C)(C)C)c(OC)c(C(C)(C)C)c2)c2cc(C(C)(C)C)c(OC)c(C(C)(C)C)c2)c(-c2cc(P(=O)(c3cc(C(C)(C)C)c(OC)c(C(C)(C)C)c3)c3cc(C(C)(C)C)c(OC)c(C(C)(C)C)c3)c(OCC)c3c2OC(F)(F)O3)c2c1OC(F)(F)O2. The van der Waals surface area contributed by atoms with E-state index in [2.05, 4.69) is 0 Å². The Labute approximate surface area is 568 Å². The van der Waals surface area contributed by atoms with Gasteiger partial charge in [0.25, 0.3) is 0 Å². The molecule has 0 aliphatic carbocycles. The molecule has 0 fully saturated rings. The Bertz CT molecular complexity index is 3810. The van der Waals surface area contributed by atoms with Crippen LogP contribution in [0, 0.1) is 0 Å². The Balaban J connectivity index is 1.80. The van der Waals surface area contributed by atoms with Crippen LogP contribution in [-0.4, -0.2) is 54.2 Å². The lowest BCUT2D eigenvalue weighted by atomic mass is 9.79. The van der Waals surface area contributed by atoms with Crippen LogP contribution in [0.15, 0.2) is 60.7 Å². The Morgan fingerprint density at radius 2 is 0.583 bits per heavy atom. The quantitative estimate of drug-likeness (QED) is 0.0717. The van der Waals surface area contributed by atoms with E-state index in [1.807, 2.05) is 215 Å². The molecule has 0 saturated heterocycles. The number of ether oxygens (including phenoxy) is 10. The van der Waals surface area contributed by atoms with Gasteiger partial charge in [0.1, 0.15) is 23.0 Å². The van der Waals surface area contributed by atoms with E-state index in [0.29, 0.717) is 67.5 Å². The van der Waals surface area contributed by atoms with Crippen molar-refractivity contribution in [3.05, 3.63) is 105 Å². The van der Waals surface area contributed by atoms with Gasteiger partial charge < -0.3 is 56.5 Å². The predicted molar refractivity (Wildman–Crippen MR) is 381 cm³/mol. The summed E-state index contributed by atoms with van der Waals surface area (Å²) < 4.78 is 167. The molecule has 0 radical (unpaired) electrons. The summed E-state index contributed by atoms with van der Waals surface area (Å²) in [4.78, 5) is 0. The number of hydrogen-bond acceptors (Lipinski definition) is 12. The van der Waals surface area contributed by atoms with Gasteiger partial charge in [-0.1, -0.05) is 166 Å². The molecule has 18 heteroatoms. The first-order chi connectivity index (χ1) is 43.6. The minimum absolute atomic E-state index is 0.112. The molecule has 0 saturated carbocycles. The summed E-state index contributed by atoms with van der Waals surface area (Å²) in [6, 6.07) is 17.4. The predicted octanol–water partition coefficient (Wildman–Crippen LogP) is 18.5. The molecule has 0 bridgehead atoms. The van der Waals surface area contributed by atoms with Gasteiger partial charge in [0.2, 0.25) is 11.5 Å². The summed E-state index contributed by atoms with van der Waals surface area (Å²) in [5.41, 5.74) is -1.15. The van der Waals surface area contributed by atoms with Crippen molar-refractivity contribution in [3.63, 3.8) is 0 Å². The van der Waals surface area contributed by atoms with E-state index in [4.69, 9.17) is 47.4 Å². The molecule has 2 aliphatic rings. The normalized spacial score (nSPS) is 15.2. The minimum Gasteiger partial charge on any atom is -0.496 e. The number of benzene rings is 6. The molecule has 96 heavy (non-hydrogen) atoms. The molecule has 0 unspecified atom stereocenters. The number of hydrogen-bond donors (Lipinski definition) is 0. The van der Waals surface area contributed by atoms with Gasteiger partial charge in [-0.15, -0.1) is 17.6 Å². The number of alkyl halides is 4. The Kier molecular flexibility index (Phi) is 19.4. The highest BCUT2D eigenvalue weighted by Crippen LogP contribution is 2.64. The van der Waals surface area contributed by atoms with Crippen molar-refractivity contribution >= 4 is 46.1 Å². The first-order valence-electron chi connectivity index (χ1n) is 33.0. The van der Waals surface area contributed by atoms with Crippen molar-refractivity contribution in [2.45, 2.75) is 236 Å². The Morgan fingerprint density at radius 1 is 0.333 bits per heavy atom. The maximum Gasteiger partial charge on any atom is 0.586 e. The maximum absolute atomic E-state index is 19.1. The zero-order valence-electron chi connectivity index (χ0n) is 62.5. The van der Waals surface area contributed by atoms with Crippen LogP contribution >= 0.6 is 14.3 Å². The second-order valence-corrected chi connectivity index (χ2v) is 39.0. The van der Waals surface area contributed by atoms with E-state index in [1.165, 1.54) is 12.1 Å². The van der Waals surface area contributed by atoms with Crippen molar-refractivity contribution in [2.75, 3.05) is 41.7 Å². The molecule has 2 heterocycles. The second kappa shape index (κ2) is 24.7. The van der Waals surface area contributed by atoms with E-state index < -0.39 is 104 Å². The van der Waals surface area contributed by atoms with Crippen LogP contribution in [-0.2, 0) is 52.5 Å². The number of rotatable bonds is 15. The molecule has 6 aromatic rings. The zero-order valence-corrected chi connectivity index (χ0v) is 64.3. The van der Waals surface area contributed by atoms with E-state index in [0.717, 1.165) is 0 Å². The fourth-order valence-corrected chi connectivity index (χ4v) is 18.8. The molecule has 6 aromatic carbocycles. The van der Waals surface area contributed by atoms with Crippen LogP contribution in [0.2, 0.25) is 0 Å². The van der Waals surface area contributed by atoms with Gasteiger partial charge in [-0.05, 0) is 118 Å². The molecule has 0 aromatic heterocycles. The molecular weight excluding hydrogens is 1270 g/mol. The van der Waals surface area contributed by atoms with Gasteiger partial charge >= 0.3 is 12.6 Å². The lowest BCUT2D eigenvalue weighted by molar-refractivity contribution is -0.288. The molecule has 0 N–H and O–H groups in total. The fourth-order valence-electron chi connectivity index (χ4n) is 13.0. The first-order valence-corrected chi connectivity index (χ1v) is 36.4. The minimum atomic E-state index is -4.91. The molecule has 526 valence electrons. The summed E-state index contributed by atoms with van der Waals surface area (Å²) in [5.74, 6) is -1.32. The van der Waals surface area contributed by atoms with Gasteiger partial charge in [-0.25, -0.2) is 0 Å². The van der Waals surface area contributed by atoms with Crippen LogP contribution in [0.4, 0.5) is 17.6 Å². The summed E-state index contributed by atoms with van der Waals surface area (Å²) in [6.07, 6.45) is -8.93. The third-order valence-electron chi connectivity index (χ3n) is 17.8. The maximum atomic E-state index is 19.1. The summed E-state index contributed by atoms with van der Waals surface area (Å²) in [7, 11) is -3.39. The lowest BCUT2D eigenvalue weighted by Crippen LogP contribution is -2.33. The smallest absolute Gasteiger partial charge is 0.496 e. The molecule has 8 rings (SSSR count). The standard InChI is InChI=1S/C78H104F4O12P2/c1-31-89-56-42-57(95(83,43-33-48(69(3,4)5)61(85-27)49(34-43)70(6,7)8)44-35-50(71(9,10)11)62(86-28)51(36-44)72(12,13)14)59(67-65(56)92-78(81,82)93-67)47-41-58(66(90-32-2)68-60(47)91-77(79,80)94-68)96(84,45-37-52(73(15,16)17)63(87-29)53(38-45)74(18,19)20)46-39-54(75(21,22)23)64(88-30)55(40-46)76(24,25)26/h33-42H,31-32H2,1-30H3. The zero-order chi connectivity index (χ0) is 72.6. The van der Waals surface area contributed by atoms with E-state index >= 15 is 26.7 Å². The summed E-state index contributed by atoms with van der Waals surface area (Å²) >= 11 is 0. The van der Waals surface area contributed by atoms with Crippen LogP contribution in [0.1, 0.15) is 225 Å². The third kappa shape index (κ3) is 13.6. The Hall–Kier alpha value is -6.50. The van der Waals surface area contributed by atoms with Crippen LogP contribution < -0.4 is 79.2 Å². The van der Waals surface area contributed by atoms with Crippen LogP contribution in [0.25, 0.3) is 11.1 Å². The van der Waals surface area contributed by atoms with Gasteiger partial charge in [0, 0.05) is 82.2 Å². The summed E-state index contributed by atoms with van der Waals surface area (Å²) in [5, 5.41) is 0.458. The van der Waals surface area contributed by atoms with Crippen molar-refractivity contribution in [3.8, 4) is 68.6 Å². The summed E-state index contributed by atoms with van der Waals surface area (Å²) in [6.45, 7) is 51.2. The largest absolute Gasteiger partial charge is 0.586 e. The van der Waals surface area contributed by atoms with E-state index in [-0.39, 0.29) is 56.5 Å². The fraction of sp³-hybridized carbons (Fsp3) is 0.538. The Morgan fingerprint density at radius 3 is 0.844 bits per heavy atom. The lowest BCUT2D eigenvalue weighted by Gasteiger charge is -2.35. The number of halogens is 4. The molecule has 0 spiro atoms. The highest BCUT2D eigenvalue weighted by atomic mass is 31.2. The van der Waals surface area contributed by atoms with Crippen molar-refractivity contribution in [1.82, 2.24) is 0 Å². The van der Waals surface area contributed by atoms with Gasteiger partial charge in [0.15, 0.2) is 37.3 Å². The molecule has 0 atom stereocenters. The van der Waals surface area contributed by atoms with Crippen molar-refractivity contribution in [2.24, 2.45) is 0 Å². The average Bonchev–Trinajstić information content (AvgIpc) is 1.19. The highest BCUT2D eigenvalue weighted by Gasteiger charge is 2.55. The monoisotopic (exact) mass is 1370 g/mol. The van der Waals surface area contributed by atoms with Gasteiger partial charge in [0.05, 0.1) is 47.0 Å². The van der Waals surface area contributed by atoms with E-state index in [9.17, 15) is 0 Å². The number of methoxy groups -OCH3 is 4. The number of fused-ring (bicyclic) bond motifs is 2. The average molecular weight is 1370 g/mol. The van der Waals surface area contributed by atoms with Gasteiger partial charge in [-0.3, -0.25) is 0 Å².